The third-order valence-electron chi connectivity index (χ3n) is 3.22. The first kappa shape index (κ1) is 12.9. The third-order valence-corrected chi connectivity index (χ3v) is 4.17. The van der Waals surface area contributed by atoms with Crippen LogP contribution in [0.25, 0.3) is 21.0 Å². The molecule has 0 aliphatic heterocycles. The van der Waals surface area contributed by atoms with E-state index in [1.807, 2.05) is 24.4 Å². The monoisotopic (exact) mass is 286 g/mol. The number of hydrogen-bond donors (Lipinski definition) is 2. The molecule has 0 spiro atoms. The lowest BCUT2D eigenvalue weighted by Gasteiger charge is -2.05. The van der Waals surface area contributed by atoms with E-state index in [1.165, 1.54) is 11.3 Å². The zero-order valence-electron chi connectivity index (χ0n) is 11.0. The van der Waals surface area contributed by atoms with E-state index < -0.39 is 0 Å². The van der Waals surface area contributed by atoms with E-state index in [1.54, 1.807) is 12.1 Å². The Bertz CT molecular complexity index is 848. The first-order valence-corrected chi connectivity index (χ1v) is 7.40. The second kappa shape index (κ2) is 5.09. The van der Waals surface area contributed by atoms with Gasteiger partial charge in [-0.1, -0.05) is 13.0 Å². The summed E-state index contributed by atoms with van der Waals surface area (Å²) in [6.07, 6.45) is 0.895. The van der Waals surface area contributed by atoms with Crippen LogP contribution in [0, 0.1) is 0 Å². The lowest BCUT2D eigenvalue weighted by atomic mass is 10.1. The molecule has 20 heavy (non-hydrogen) atoms. The molecule has 0 atom stereocenters. The maximum atomic E-state index is 12.0. The van der Waals surface area contributed by atoms with Crippen molar-refractivity contribution in [3.63, 3.8) is 0 Å². The van der Waals surface area contributed by atoms with Gasteiger partial charge >= 0.3 is 0 Å². The van der Waals surface area contributed by atoms with Gasteiger partial charge in [0.25, 0.3) is 11.5 Å². The quantitative estimate of drug-likeness (QED) is 0.777. The van der Waals surface area contributed by atoms with Crippen LogP contribution in [0.1, 0.15) is 23.7 Å². The summed E-state index contributed by atoms with van der Waals surface area (Å²) in [7, 11) is 0. The molecule has 5 heteroatoms. The van der Waals surface area contributed by atoms with Gasteiger partial charge in [0.15, 0.2) is 0 Å². The van der Waals surface area contributed by atoms with E-state index in [4.69, 9.17) is 0 Å². The molecule has 3 rings (SSSR count). The van der Waals surface area contributed by atoms with Crippen molar-refractivity contribution < 1.29 is 4.79 Å². The van der Waals surface area contributed by atoms with Crippen molar-refractivity contribution in [3.8, 4) is 0 Å². The summed E-state index contributed by atoms with van der Waals surface area (Å²) in [6, 6.07) is 7.25. The molecule has 102 valence electrons. The minimum absolute atomic E-state index is 0.110. The lowest BCUT2D eigenvalue weighted by molar-refractivity contribution is 0.0954. The Labute approximate surface area is 119 Å². The minimum Gasteiger partial charge on any atom is -0.352 e. The van der Waals surface area contributed by atoms with E-state index in [0.29, 0.717) is 23.0 Å². The Morgan fingerprint density at radius 3 is 2.95 bits per heavy atom. The number of nitrogens with one attached hydrogen (secondary N) is 2. The van der Waals surface area contributed by atoms with Crippen molar-refractivity contribution >= 4 is 38.2 Å². The fraction of sp³-hybridized carbons (Fsp3) is 0.200. The normalized spacial score (nSPS) is 11.1. The molecule has 3 aromatic rings. The van der Waals surface area contributed by atoms with Gasteiger partial charge in [0.05, 0.1) is 10.9 Å². The van der Waals surface area contributed by atoms with Gasteiger partial charge in [0.1, 0.15) is 0 Å². The molecule has 1 aromatic carbocycles. The van der Waals surface area contributed by atoms with E-state index in [-0.39, 0.29) is 11.5 Å². The van der Waals surface area contributed by atoms with Crippen molar-refractivity contribution in [1.29, 1.82) is 0 Å². The maximum absolute atomic E-state index is 12.0. The summed E-state index contributed by atoms with van der Waals surface area (Å²) in [6.45, 7) is 2.66. The van der Waals surface area contributed by atoms with Gasteiger partial charge < -0.3 is 10.3 Å². The van der Waals surface area contributed by atoms with Gasteiger partial charge in [-0.05, 0) is 30.0 Å². The molecule has 0 aliphatic carbocycles. The number of benzene rings is 1. The number of aromatic amines is 1. The summed E-state index contributed by atoms with van der Waals surface area (Å²) in [5.41, 5.74) is 1.16. The fourth-order valence-electron chi connectivity index (χ4n) is 2.21. The summed E-state index contributed by atoms with van der Waals surface area (Å²) < 4.78 is 0.962. The largest absolute Gasteiger partial charge is 0.352 e. The maximum Gasteiger partial charge on any atom is 0.257 e. The highest BCUT2D eigenvalue weighted by atomic mass is 32.1. The van der Waals surface area contributed by atoms with Crippen molar-refractivity contribution in [3.05, 3.63) is 45.6 Å². The standard InChI is InChI=1S/C15H14N2O2S/c1-2-6-16-14(18)9-3-4-10-12(8-9)17-15(19)11-5-7-20-13(10)11/h3-5,7-8H,2,6H2,1H3,(H,16,18)(H,17,19). The first-order valence-electron chi connectivity index (χ1n) is 6.52. The van der Waals surface area contributed by atoms with E-state index in [9.17, 15) is 9.59 Å². The number of thiophene rings is 1. The highest BCUT2D eigenvalue weighted by Crippen LogP contribution is 2.26. The van der Waals surface area contributed by atoms with Crippen LogP contribution in [0.5, 0.6) is 0 Å². The Kier molecular flexibility index (Phi) is 3.28. The summed E-state index contributed by atoms with van der Waals surface area (Å²) in [5, 5.41) is 6.41. The second-order valence-electron chi connectivity index (χ2n) is 4.63. The number of amides is 1. The highest BCUT2D eigenvalue weighted by Gasteiger charge is 2.10. The number of rotatable bonds is 3. The van der Waals surface area contributed by atoms with Crippen LogP contribution in [-0.4, -0.2) is 17.4 Å². The van der Waals surface area contributed by atoms with Crippen LogP contribution in [0.3, 0.4) is 0 Å². The average molecular weight is 286 g/mol. The third kappa shape index (κ3) is 2.10. The van der Waals surface area contributed by atoms with Crippen LogP contribution in [0.4, 0.5) is 0 Å². The van der Waals surface area contributed by atoms with Crippen molar-refractivity contribution in [2.75, 3.05) is 6.54 Å². The summed E-state index contributed by atoms with van der Waals surface area (Å²) in [4.78, 5) is 26.7. The van der Waals surface area contributed by atoms with Crippen LogP contribution in [0.2, 0.25) is 0 Å². The minimum atomic E-state index is -0.111. The molecule has 0 aliphatic rings. The fourth-order valence-corrected chi connectivity index (χ4v) is 3.15. The Hall–Kier alpha value is -2.14. The Balaban J connectivity index is 2.14. The second-order valence-corrected chi connectivity index (χ2v) is 5.55. The van der Waals surface area contributed by atoms with Crippen molar-refractivity contribution in [2.24, 2.45) is 0 Å². The molecule has 4 nitrogen and oxygen atoms in total. The van der Waals surface area contributed by atoms with Gasteiger partial charge in [-0.15, -0.1) is 11.3 Å². The van der Waals surface area contributed by atoms with Crippen LogP contribution >= 0.6 is 11.3 Å². The topological polar surface area (TPSA) is 62.0 Å². The van der Waals surface area contributed by atoms with Gasteiger partial charge in [-0.3, -0.25) is 9.59 Å². The molecule has 2 aromatic heterocycles. The molecule has 0 saturated carbocycles. The van der Waals surface area contributed by atoms with E-state index in [2.05, 4.69) is 10.3 Å². The van der Waals surface area contributed by atoms with Gasteiger partial charge in [-0.2, -0.15) is 0 Å². The molecular weight excluding hydrogens is 272 g/mol. The average Bonchev–Trinajstić information content (AvgIpc) is 2.94. The lowest BCUT2D eigenvalue weighted by Crippen LogP contribution is -2.23. The van der Waals surface area contributed by atoms with Crippen LogP contribution in [0.15, 0.2) is 34.4 Å². The Morgan fingerprint density at radius 1 is 1.30 bits per heavy atom. The highest BCUT2D eigenvalue weighted by molar-refractivity contribution is 7.18. The molecule has 0 unspecified atom stereocenters. The molecule has 0 radical (unpaired) electrons. The SMILES string of the molecule is CCCNC(=O)c1ccc2c(c1)[nH]c(=O)c1ccsc12. The molecule has 1 amide bonds. The first-order chi connectivity index (χ1) is 9.70. The predicted octanol–water partition coefficient (Wildman–Crippen LogP) is 2.88. The van der Waals surface area contributed by atoms with Gasteiger partial charge in [0.2, 0.25) is 0 Å². The Morgan fingerprint density at radius 2 is 2.15 bits per heavy atom. The number of carbonyl (C=O) groups is 1. The molecule has 0 saturated heterocycles. The number of pyridine rings is 1. The molecule has 2 heterocycles. The van der Waals surface area contributed by atoms with E-state index >= 15 is 0 Å². The smallest absolute Gasteiger partial charge is 0.257 e. The number of H-pyrrole nitrogens is 1. The van der Waals surface area contributed by atoms with Crippen LogP contribution < -0.4 is 10.9 Å². The van der Waals surface area contributed by atoms with Crippen molar-refractivity contribution in [2.45, 2.75) is 13.3 Å². The molecule has 0 bridgehead atoms. The van der Waals surface area contributed by atoms with E-state index in [0.717, 1.165) is 16.5 Å². The molecular formula is C15H14N2O2S. The molecule has 0 fully saturated rings. The number of aromatic nitrogens is 1. The van der Waals surface area contributed by atoms with Crippen molar-refractivity contribution in [1.82, 2.24) is 10.3 Å². The van der Waals surface area contributed by atoms with Gasteiger partial charge in [-0.25, -0.2) is 0 Å². The summed E-state index contributed by atoms with van der Waals surface area (Å²) >= 11 is 1.54. The molecule has 2 N–H and O–H groups in total. The predicted molar refractivity (Wildman–Crippen MR) is 82.6 cm³/mol. The number of fused-ring (bicyclic) bond motifs is 3. The zero-order valence-corrected chi connectivity index (χ0v) is 11.8. The van der Waals surface area contributed by atoms with Crippen LogP contribution in [-0.2, 0) is 0 Å². The zero-order chi connectivity index (χ0) is 14.1. The number of hydrogen-bond acceptors (Lipinski definition) is 3. The summed E-state index contributed by atoms with van der Waals surface area (Å²) in [5.74, 6) is -0.110. The number of carbonyl (C=O) groups excluding carboxylic acids is 1. The van der Waals surface area contributed by atoms with Gasteiger partial charge in [0, 0.05) is 22.2 Å².